The standard InChI is InChI=1S/C24H27N5O2/c1-17(25-24(31)18-9-4-2-5-10-18)15-22(30)26-20-12-8-11-19(16-20)23-28-27-21-13-6-3-7-14-29(21)23/h2,4-5,8-12,16-17H,3,6-7,13-15H2,1H3,(H,25,31)(H,26,30)/t17-/m1/s1. The number of hydrogen-bond acceptors (Lipinski definition) is 4. The maximum Gasteiger partial charge on any atom is 0.251 e. The Balaban J connectivity index is 1.38. The summed E-state index contributed by atoms with van der Waals surface area (Å²) in [5.41, 5.74) is 2.22. The Kier molecular flexibility index (Phi) is 6.40. The number of nitrogens with one attached hydrogen (secondary N) is 2. The molecule has 2 heterocycles. The lowest BCUT2D eigenvalue weighted by atomic mass is 10.1. The van der Waals surface area contributed by atoms with Gasteiger partial charge in [-0.2, -0.15) is 0 Å². The van der Waals surface area contributed by atoms with Crippen LogP contribution in [0.5, 0.6) is 0 Å². The topological polar surface area (TPSA) is 88.9 Å². The van der Waals surface area contributed by atoms with Gasteiger partial charge in [0.2, 0.25) is 5.91 Å². The van der Waals surface area contributed by atoms with Gasteiger partial charge in [0, 0.05) is 42.2 Å². The lowest BCUT2D eigenvalue weighted by molar-refractivity contribution is -0.116. The largest absolute Gasteiger partial charge is 0.349 e. The van der Waals surface area contributed by atoms with E-state index in [1.165, 1.54) is 6.42 Å². The number of aromatic nitrogens is 3. The minimum Gasteiger partial charge on any atom is -0.349 e. The number of hydrogen-bond donors (Lipinski definition) is 2. The summed E-state index contributed by atoms with van der Waals surface area (Å²) in [7, 11) is 0. The van der Waals surface area contributed by atoms with Crippen molar-refractivity contribution in [2.75, 3.05) is 5.32 Å². The van der Waals surface area contributed by atoms with Gasteiger partial charge in [0.1, 0.15) is 5.82 Å². The molecular weight excluding hydrogens is 390 g/mol. The molecule has 1 aliphatic heterocycles. The fraction of sp³-hybridized carbons (Fsp3) is 0.333. The molecule has 0 fully saturated rings. The first-order chi connectivity index (χ1) is 15.1. The zero-order valence-corrected chi connectivity index (χ0v) is 17.7. The van der Waals surface area contributed by atoms with Gasteiger partial charge in [0.25, 0.3) is 5.91 Å². The van der Waals surface area contributed by atoms with Crippen LogP contribution in [-0.4, -0.2) is 32.6 Å². The lowest BCUT2D eigenvalue weighted by Gasteiger charge is -2.14. The Bertz CT molecular complexity index is 1060. The van der Waals surface area contributed by atoms with Crippen molar-refractivity contribution in [1.29, 1.82) is 0 Å². The number of benzene rings is 2. The minimum absolute atomic E-state index is 0.155. The molecule has 2 aromatic carbocycles. The molecule has 7 nitrogen and oxygen atoms in total. The molecule has 0 bridgehead atoms. The van der Waals surface area contributed by atoms with Crippen molar-refractivity contribution in [1.82, 2.24) is 20.1 Å². The third-order valence-corrected chi connectivity index (χ3v) is 5.42. The van der Waals surface area contributed by atoms with Crippen LogP contribution in [-0.2, 0) is 17.8 Å². The van der Waals surface area contributed by atoms with Crippen LogP contribution in [0.3, 0.4) is 0 Å². The van der Waals surface area contributed by atoms with E-state index < -0.39 is 0 Å². The maximum absolute atomic E-state index is 12.5. The second-order valence-electron chi connectivity index (χ2n) is 7.98. The quantitative estimate of drug-likeness (QED) is 0.638. The molecule has 1 aromatic heterocycles. The first kappa shape index (κ1) is 20.8. The molecule has 0 spiro atoms. The molecule has 1 aliphatic rings. The number of nitrogens with zero attached hydrogens (tertiary/aromatic N) is 3. The summed E-state index contributed by atoms with van der Waals surface area (Å²) in [6.07, 6.45) is 4.62. The zero-order valence-electron chi connectivity index (χ0n) is 17.7. The van der Waals surface area contributed by atoms with Gasteiger partial charge >= 0.3 is 0 Å². The van der Waals surface area contributed by atoms with Gasteiger partial charge in [0.15, 0.2) is 5.82 Å². The predicted octanol–water partition coefficient (Wildman–Crippen LogP) is 3.82. The lowest BCUT2D eigenvalue weighted by Crippen LogP contribution is -2.35. The molecule has 0 aliphatic carbocycles. The summed E-state index contributed by atoms with van der Waals surface area (Å²) in [6.45, 7) is 2.75. The monoisotopic (exact) mass is 417 g/mol. The average Bonchev–Trinajstić information content (AvgIpc) is 3.02. The van der Waals surface area contributed by atoms with Crippen molar-refractivity contribution in [3.8, 4) is 11.4 Å². The Morgan fingerprint density at radius 2 is 1.87 bits per heavy atom. The highest BCUT2D eigenvalue weighted by atomic mass is 16.2. The van der Waals surface area contributed by atoms with Crippen molar-refractivity contribution in [2.45, 2.75) is 51.6 Å². The van der Waals surface area contributed by atoms with E-state index in [0.29, 0.717) is 11.3 Å². The van der Waals surface area contributed by atoms with E-state index in [-0.39, 0.29) is 24.3 Å². The van der Waals surface area contributed by atoms with Crippen molar-refractivity contribution in [3.63, 3.8) is 0 Å². The molecule has 2 N–H and O–H groups in total. The molecule has 160 valence electrons. The molecule has 2 amide bonds. The molecule has 1 atom stereocenters. The van der Waals surface area contributed by atoms with E-state index in [1.807, 2.05) is 49.4 Å². The normalized spacial score (nSPS) is 14.2. The Morgan fingerprint density at radius 3 is 2.71 bits per heavy atom. The summed E-state index contributed by atoms with van der Waals surface area (Å²) < 4.78 is 2.19. The van der Waals surface area contributed by atoms with Crippen LogP contribution in [0.4, 0.5) is 5.69 Å². The first-order valence-corrected chi connectivity index (χ1v) is 10.8. The van der Waals surface area contributed by atoms with Gasteiger partial charge in [-0.05, 0) is 44.0 Å². The van der Waals surface area contributed by atoms with E-state index >= 15 is 0 Å². The molecule has 0 saturated carbocycles. The van der Waals surface area contributed by atoms with Crippen LogP contribution < -0.4 is 10.6 Å². The van der Waals surface area contributed by atoms with Gasteiger partial charge in [-0.3, -0.25) is 9.59 Å². The minimum atomic E-state index is -0.289. The number of fused-ring (bicyclic) bond motifs is 1. The third kappa shape index (κ3) is 5.17. The summed E-state index contributed by atoms with van der Waals surface area (Å²) in [5.74, 6) is 1.54. The van der Waals surface area contributed by atoms with Gasteiger partial charge < -0.3 is 15.2 Å². The summed E-state index contributed by atoms with van der Waals surface area (Å²) in [4.78, 5) is 24.8. The fourth-order valence-corrected chi connectivity index (χ4v) is 3.87. The number of aryl methyl sites for hydroxylation is 1. The zero-order chi connectivity index (χ0) is 21.6. The summed E-state index contributed by atoms with van der Waals surface area (Å²) >= 11 is 0. The number of rotatable bonds is 6. The summed E-state index contributed by atoms with van der Waals surface area (Å²) in [5, 5.41) is 14.6. The van der Waals surface area contributed by atoms with Gasteiger partial charge in [-0.15, -0.1) is 10.2 Å². The highest BCUT2D eigenvalue weighted by molar-refractivity contribution is 5.95. The SMILES string of the molecule is C[C@H](CC(=O)Nc1cccc(-c2nnc3n2CCCCC3)c1)NC(=O)c1ccccc1. The average molecular weight is 418 g/mol. The Morgan fingerprint density at radius 1 is 1.03 bits per heavy atom. The van der Waals surface area contributed by atoms with Gasteiger partial charge in [-0.1, -0.05) is 36.8 Å². The van der Waals surface area contributed by atoms with Crippen LogP contribution >= 0.6 is 0 Å². The molecule has 0 saturated heterocycles. The smallest absolute Gasteiger partial charge is 0.251 e. The van der Waals surface area contributed by atoms with E-state index in [0.717, 1.165) is 43.0 Å². The number of carbonyl (C=O) groups excluding carboxylic acids is 2. The van der Waals surface area contributed by atoms with E-state index in [4.69, 9.17) is 0 Å². The highest BCUT2D eigenvalue weighted by Gasteiger charge is 2.17. The van der Waals surface area contributed by atoms with E-state index in [9.17, 15) is 9.59 Å². The molecule has 3 aromatic rings. The van der Waals surface area contributed by atoms with Crippen molar-refractivity contribution in [2.24, 2.45) is 0 Å². The van der Waals surface area contributed by atoms with Gasteiger partial charge in [-0.25, -0.2) is 0 Å². The first-order valence-electron chi connectivity index (χ1n) is 10.8. The maximum atomic E-state index is 12.5. The second-order valence-corrected chi connectivity index (χ2v) is 7.98. The van der Waals surface area contributed by atoms with Crippen LogP contribution in [0.1, 0.15) is 48.8 Å². The number of amides is 2. The highest BCUT2D eigenvalue weighted by Crippen LogP contribution is 2.25. The van der Waals surface area contributed by atoms with Crippen molar-refractivity contribution in [3.05, 3.63) is 66.0 Å². The van der Waals surface area contributed by atoms with E-state index in [2.05, 4.69) is 25.4 Å². The van der Waals surface area contributed by atoms with Crippen molar-refractivity contribution < 1.29 is 9.59 Å². The number of anilines is 1. The van der Waals surface area contributed by atoms with Crippen LogP contribution in [0.2, 0.25) is 0 Å². The predicted molar refractivity (Wildman–Crippen MR) is 120 cm³/mol. The van der Waals surface area contributed by atoms with Crippen LogP contribution in [0.25, 0.3) is 11.4 Å². The Hall–Kier alpha value is -3.48. The second kappa shape index (κ2) is 9.55. The molecule has 0 unspecified atom stereocenters. The molecule has 4 rings (SSSR count). The van der Waals surface area contributed by atoms with E-state index in [1.54, 1.807) is 12.1 Å². The Labute approximate surface area is 181 Å². The number of carbonyl (C=O) groups is 2. The van der Waals surface area contributed by atoms with Crippen LogP contribution in [0.15, 0.2) is 54.6 Å². The molecule has 7 heteroatoms. The molecule has 0 radical (unpaired) electrons. The third-order valence-electron chi connectivity index (χ3n) is 5.42. The molecule has 31 heavy (non-hydrogen) atoms. The van der Waals surface area contributed by atoms with Crippen molar-refractivity contribution >= 4 is 17.5 Å². The fourth-order valence-electron chi connectivity index (χ4n) is 3.87. The van der Waals surface area contributed by atoms with Gasteiger partial charge in [0.05, 0.1) is 0 Å². The molecular formula is C24H27N5O2. The summed E-state index contributed by atoms with van der Waals surface area (Å²) in [6, 6.07) is 16.4. The van der Waals surface area contributed by atoms with Crippen LogP contribution in [0, 0.1) is 0 Å².